The van der Waals surface area contributed by atoms with Gasteiger partial charge in [0, 0.05) is 5.69 Å². The minimum atomic E-state index is -0.456. The summed E-state index contributed by atoms with van der Waals surface area (Å²) < 4.78 is 0.606. The van der Waals surface area contributed by atoms with Gasteiger partial charge in [0.25, 0.3) is 5.13 Å². The lowest BCUT2D eigenvalue weighted by atomic mass is 10.0. The van der Waals surface area contributed by atoms with Crippen LogP contribution in [-0.4, -0.2) is 36.3 Å². The first kappa shape index (κ1) is 17.4. The third kappa shape index (κ3) is 2.89. The molecule has 0 radical (unpaired) electrons. The maximum Gasteiger partial charge on any atom is 0.290 e. The van der Waals surface area contributed by atoms with Crippen molar-refractivity contribution in [1.82, 2.24) is 14.5 Å². The summed E-state index contributed by atoms with van der Waals surface area (Å²) >= 11 is 1.50. The standard InChI is InChI=1S/C20H24N4OS/c1-13-9-14(2)19(15(3)10-13)22-18-11-23(4)12-24(18,25)20-21-16-7-5-6-8-17(16)26-20/h5-10,18,22H,11-12H2,1-4H3. The molecule has 1 aliphatic heterocycles. The van der Waals surface area contributed by atoms with Crippen molar-refractivity contribution in [2.75, 3.05) is 25.6 Å². The number of anilines is 1. The van der Waals surface area contributed by atoms with E-state index in [1.165, 1.54) is 28.0 Å². The summed E-state index contributed by atoms with van der Waals surface area (Å²) in [5.74, 6) is 0. The lowest BCUT2D eigenvalue weighted by Gasteiger charge is -2.40. The maximum atomic E-state index is 13.9. The fourth-order valence-electron chi connectivity index (χ4n) is 3.88. The third-order valence-electron chi connectivity index (χ3n) is 5.03. The van der Waals surface area contributed by atoms with Crippen molar-refractivity contribution in [2.45, 2.75) is 26.9 Å². The Kier molecular flexibility index (Phi) is 4.23. The average Bonchev–Trinajstić information content (AvgIpc) is 3.12. The number of thiazole rings is 1. The zero-order valence-corrected chi connectivity index (χ0v) is 16.4. The van der Waals surface area contributed by atoms with Crippen LogP contribution in [0.4, 0.5) is 10.8 Å². The van der Waals surface area contributed by atoms with Crippen molar-refractivity contribution in [3.8, 4) is 0 Å². The van der Waals surface area contributed by atoms with Crippen LogP contribution in [-0.2, 0) is 0 Å². The number of fused-ring (bicyclic) bond motifs is 1. The smallest absolute Gasteiger partial charge is 0.290 e. The Morgan fingerprint density at radius 1 is 1.19 bits per heavy atom. The molecule has 1 aliphatic rings. The van der Waals surface area contributed by atoms with Gasteiger partial charge in [-0.05, 0) is 51.1 Å². The van der Waals surface area contributed by atoms with E-state index in [-0.39, 0.29) is 6.17 Å². The normalized spacial score (nSPS) is 23.7. The van der Waals surface area contributed by atoms with Crippen molar-refractivity contribution in [3.63, 3.8) is 0 Å². The van der Waals surface area contributed by atoms with Gasteiger partial charge in [-0.15, -0.1) is 0 Å². The second kappa shape index (κ2) is 6.32. The monoisotopic (exact) mass is 368 g/mol. The summed E-state index contributed by atoms with van der Waals surface area (Å²) in [5.41, 5.74) is 5.55. The molecule has 2 heterocycles. The highest BCUT2D eigenvalue weighted by Gasteiger charge is 2.42. The minimum Gasteiger partial charge on any atom is -0.623 e. The number of nitrogens with one attached hydrogen (secondary N) is 1. The van der Waals surface area contributed by atoms with Crippen molar-refractivity contribution in [2.24, 2.45) is 0 Å². The predicted molar refractivity (Wildman–Crippen MR) is 110 cm³/mol. The Balaban J connectivity index is 1.73. The molecule has 2 atom stereocenters. The third-order valence-corrected chi connectivity index (χ3v) is 6.18. The van der Waals surface area contributed by atoms with Crippen LogP contribution in [0, 0.1) is 26.0 Å². The fourth-order valence-corrected chi connectivity index (χ4v) is 4.93. The number of likely N-dealkylation sites (N-methyl/N-ethyl adjacent to an activating group) is 1. The highest BCUT2D eigenvalue weighted by Crippen LogP contribution is 2.38. The van der Waals surface area contributed by atoms with E-state index in [1.54, 1.807) is 0 Å². The molecular formula is C20H24N4OS. The van der Waals surface area contributed by atoms with Crippen LogP contribution in [0.5, 0.6) is 0 Å². The van der Waals surface area contributed by atoms with Crippen LogP contribution in [0.15, 0.2) is 36.4 Å². The van der Waals surface area contributed by atoms with Gasteiger partial charge in [-0.2, -0.15) is 4.98 Å². The molecule has 0 saturated carbocycles. The predicted octanol–water partition coefficient (Wildman–Crippen LogP) is 4.37. The number of aromatic nitrogens is 1. The topological polar surface area (TPSA) is 51.2 Å². The van der Waals surface area contributed by atoms with Crippen LogP contribution >= 0.6 is 11.3 Å². The van der Waals surface area contributed by atoms with Gasteiger partial charge in [0.15, 0.2) is 6.17 Å². The number of hydrogen-bond donors (Lipinski definition) is 1. The molecule has 4 rings (SSSR count). The Bertz CT molecular complexity index is 913. The van der Waals surface area contributed by atoms with Crippen molar-refractivity contribution in [3.05, 3.63) is 58.3 Å². The molecule has 0 spiro atoms. The second-order valence-corrected chi connectivity index (χ2v) is 8.38. The summed E-state index contributed by atoms with van der Waals surface area (Å²) in [6, 6.07) is 12.3. The van der Waals surface area contributed by atoms with Gasteiger partial charge in [0.1, 0.15) is 6.67 Å². The average molecular weight is 369 g/mol. The first-order valence-electron chi connectivity index (χ1n) is 8.84. The van der Waals surface area contributed by atoms with Crippen molar-refractivity contribution < 1.29 is 0 Å². The molecule has 1 fully saturated rings. The van der Waals surface area contributed by atoms with E-state index in [1.807, 2.05) is 31.3 Å². The van der Waals surface area contributed by atoms with Crippen molar-refractivity contribution in [1.29, 1.82) is 0 Å². The Morgan fingerprint density at radius 2 is 1.88 bits per heavy atom. The molecule has 0 amide bonds. The summed E-state index contributed by atoms with van der Waals surface area (Å²) in [6.07, 6.45) is -0.277. The molecule has 2 aromatic carbocycles. The highest BCUT2D eigenvalue weighted by atomic mass is 32.1. The molecule has 0 bridgehead atoms. The van der Waals surface area contributed by atoms with E-state index in [2.05, 4.69) is 48.1 Å². The molecule has 6 heteroatoms. The van der Waals surface area contributed by atoms with Gasteiger partial charge < -0.3 is 10.5 Å². The number of aryl methyl sites for hydroxylation is 3. The van der Waals surface area contributed by atoms with E-state index in [0.717, 1.165) is 15.9 Å². The number of quaternary nitrogens is 1. The molecule has 5 nitrogen and oxygen atoms in total. The molecular weight excluding hydrogens is 344 g/mol. The Labute approximate surface area is 158 Å². The summed E-state index contributed by atoms with van der Waals surface area (Å²) in [5, 5.41) is 18.1. The number of hydroxylamine groups is 2. The molecule has 26 heavy (non-hydrogen) atoms. The first-order valence-corrected chi connectivity index (χ1v) is 9.66. The van der Waals surface area contributed by atoms with Crippen LogP contribution in [0.1, 0.15) is 16.7 Å². The van der Waals surface area contributed by atoms with Crippen LogP contribution in [0.2, 0.25) is 0 Å². The Morgan fingerprint density at radius 3 is 2.58 bits per heavy atom. The maximum absolute atomic E-state index is 13.9. The lowest BCUT2D eigenvalue weighted by Crippen LogP contribution is -2.52. The molecule has 1 aromatic heterocycles. The summed E-state index contributed by atoms with van der Waals surface area (Å²) in [4.78, 5) is 6.74. The quantitative estimate of drug-likeness (QED) is 0.551. The van der Waals surface area contributed by atoms with Gasteiger partial charge in [-0.1, -0.05) is 41.2 Å². The molecule has 0 aliphatic carbocycles. The molecule has 1 saturated heterocycles. The number of hydrogen-bond acceptors (Lipinski definition) is 5. The zero-order valence-electron chi connectivity index (χ0n) is 15.6. The van der Waals surface area contributed by atoms with Crippen LogP contribution < -0.4 is 9.96 Å². The number of para-hydroxylation sites is 1. The highest BCUT2D eigenvalue weighted by molar-refractivity contribution is 7.22. The van der Waals surface area contributed by atoms with Crippen LogP contribution in [0.3, 0.4) is 0 Å². The second-order valence-electron chi connectivity index (χ2n) is 7.37. The van der Waals surface area contributed by atoms with E-state index in [9.17, 15) is 5.21 Å². The molecule has 3 aromatic rings. The summed E-state index contributed by atoms with van der Waals surface area (Å²) in [6.45, 7) is 7.38. The SMILES string of the molecule is Cc1cc(C)c(NC2CN(C)C[N+]2([O-])c2nc3ccccc3s2)c(C)c1. The van der Waals surface area contributed by atoms with Crippen molar-refractivity contribution >= 4 is 32.4 Å². The molecule has 136 valence electrons. The number of nitrogens with zero attached hydrogens (tertiary/aromatic N) is 3. The van der Waals surface area contributed by atoms with E-state index in [4.69, 9.17) is 0 Å². The lowest BCUT2D eigenvalue weighted by molar-refractivity contribution is 0.323. The molecule has 1 N–H and O–H groups in total. The number of benzene rings is 2. The fraction of sp³-hybridized carbons (Fsp3) is 0.350. The minimum absolute atomic E-state index is 0.277. The van der Waals surface area contributed by atoms with Gasteiger partial charge in [0.05, 0.1) is 16.8 Å². The van der Waals surface area contributed by atoms with E-state index >= 15 is 0 Å². The van der Waals surface area contributed by atoms with E-state index < -0.39 is 4.65 Å². The summed E-state index contributed by atoms with van der Waals surface area (Å²) in [7, 11) is 1.99. The first-order chi connectivity index (χ1) is 12.4. The van der Waals surface area contributed by atoms with Gasteiger partial charge in [0.2, 0.25) is 0 Å². The zero-order chi connectivity index (χ0) is 18.5. The van der Waals surface area contributed by atoms with Gasteiger partial charge >= 0.3 is 0 Å². The van der Waals surface area contributed by atoms with Gasteiger partial charge in [-0.25, -0.2) is 0 Å². The Hall–Kier alpha value is -1.99. The van der Waals surface area contributed by atoms with Crippen LogP contribution in [0.25, 0.3) is 10.2 Å². The largest absolute Gasteiger partial charge is 0.623 e. The van der Waals surface area contributed by atoms with Gasteiger partial charge in [-0.3, -0.25) is 9.55 Å². The number of rotatable bonds is 3. The van der Waals surface area contributed by atoms with E-state index in [0.29, 0.717) is 18.3 Å². The molecule has 2 unspecified atom stereocenters.